The van der Waals surface area contributed by atoms with Gasteiger partial charge in [0, 0.05) is 19.3 Å². The van der Waals surface area contributed by atoms with Gasteiger partial charge in [0.25, 0.3) is 0 Å². The predicted molar refractivity (Wildman–Crippen MR) is 348 cm³/mol. The molecule has 0 bridgehead atoms. The van der Waals surface area contributed by atoms with E-state index in [1.807, 2.05) is 0 Å². The number of rotatable bonds is 60. The van der Waals surface area contributed by atoms with Gasteiger partial charge in [0.05, 0.1) is 0 Å². The van der Waals surface area contributed by atoms with Gasteiger partial charge in [0.15, 0.2) is 6.10 Å². The molecular formula is C74H124O6. The molecule has 0 aromatic carbocycles. The van der Waals surface area contributed by atoms with Gasteiger partial charge in [-0.2, -0.15) is 0 Å². The van der Waals surface area contributed by atoms with Crippen LogP contribution in [0.2, 0.25) is 0 Å². The summed E-state index contributed by atoms with van der Waals surface area (Å²) in [6.45, 7) is 6.48. The van der Waals surface area contributed by atoms with E-state index in [0.29, 0.717) is 19.3 Å². The minimum atomic E-state index is -0.811. The zero-order chi connectivity index (χ0) is 57.8. The molecule has 0 rings (SSSR count). The van der Waals surface area contributed by atoms with Crippen LogP contribution in [0.1, 0.15) is 310 Å². The predicted octanol–water partition coefficient (Wildman–Crippen LogP) is 23.2. The molecule has 0 saturated heterocycles. The fourth-order valence-corrected chi connectivity index (χ4v) is 9.16. The molecule has 0 saturated carbocycles. The first kappa shape index (κ1) is 75.8. The van der Waals surface area contributed by atoms with Crippen molar-refractivity contribution in [2.24, 2.45) is 0 Å². The Morgan fingerprint density at radius 2 is 0.500 bits per heavy atom. The Balaban J connectivity index is 4.50. The summed E-state index contributed by atoms with van der Waals surface area (Å²) in [5.74, 6) is -0.964. The van der Waals surface area contributed by atoms with Crippen molar-refractivity contribution in [1.82, 2.24) is 0 Å². The molecule has 0 fully saturated rings. The Kier molecular flexibility index (Phi) is 63.8. The van der Waals surface area contributed by atoms with Crippen molar-refractivity contribution in [2.45, 2.75) is 316 Å². The van der Waals surface area contributed by atoms with E-state index in [9.17, 15) is 14.4 Å². The maximum Gasteiger partial charge on any atom is 0.306 e. The van der Waals surface area contributed by atoms with Gasteiger partial charge in [0.2, 0.25) is 0 Å². The van der Waals surface area contributed by atoms with Crippen molar-refractivity contribution >= 4 is 17.9 Å². The summed E-state index contributed by atoms with van der Waals surface area (Å²) in [6, 6.07) is 0. The quantitative estimate of drug-likeness (QED) is 0.0261. The first-order valence-electron chi connectivity index (χ1n) is 33.5. The molecule has 0 spiro atoms. The van der Waals surface area contributed by atoms with Gasteiger partial charge in [-0.25, -0.2) is 0 Å². The molecule has 1 unspecified atom stereocenters. The number of carbonyl (C=O) groups is 3. The third kappa shape index (κ3) is 64.6. The zero-order valence-corrected chi connectivity index (χ0v) is 52.3. The molecule has 1 atom stereocenters. The topological polar surface area (TPSA) is 78.9 Å². The molecular weight excluding hydrogens is 985 g/mol. The molecule has 0 aromatic heterocycles. The first-order chi connectivity index (χ1) is 39.5. The number of hydrogen-bond acceptors (Lipinski definition) is 6. The number of carbonyl (C=O) groups excluding carboxylic acids is 3. The second-order valence-electron chi connectivity index (χ2n) is 22.0. The monoisotopic (exact) mass is 1110 g/mol. The van der Waals surface area contributed by atoms with Gasteiger partial charge in [-0.15, -0.1) is 0 Å². The summed E-state index contributed by atoms with van der Waals surface area (Å²) >= 11 is 0. The van der Waals surface area contributed by atoms with Gasteiger partial charge in [-0.05, 0) is 128 Å². The highest BCUT2D eigenvalue weighted by Gasteiger charge is 2.19. The minimum absolute atomic E-state index is 0.102. The molecule has 0 N–H and O–H groups in total. The Morgan fingerprint density at radius 3 is 0.825 bits per heavy atom. The lowest BCUT2D eigenvalue weighted by Crippen LogP contribution is -2.30. The molecule has 0 aliphatic heterocycles. The summed E-state index contributed by atoms with van der Waals surface area (Å²) in [4.78, 5) is 38.4. The summed E-state index contributed by atoms with van der Waals surface area (Å²) in [5, 5.41) is 0. The van der Waals surface area contributed by atoms with E-state index in [1.54, 1.807) is 0 Å². The van der Waals surface area contributed by atoms with Crippen LogP contribution in [0.15, 0.2) is 122 Å². The Bertz CT molecular complexity index is 1650. The number of hydrogen-bond donors (Lipinski definition) is 0. The largest absolute Gasteiger partial charge is 0.462 e. The van der Waals surface area contributed by atoms with E-state index in [-0.39, 0.29) is 37.5 Å². The van der Waals surface area contributed by atoms with E-state index >= 15 is 0 Å². The van der Waals surface area contributed by atoms with Crippen LogP contribution in [0.3, 0.4) is 0 Å². The summed E-state index contributed by atoms with van der Waals surface area (Å²) in [7, 11) is 0. The maximum absolute atomic E-state index is 12.9. The van der Waals surface area contributed by atoms with Gasteiger partial charge >= 0.3 is 17.9 Å². The Labute approximate surface area is 494 Å². The van der Waals surface area contributed by atoms with Crippen molar-refractivity contribution in [3.63, 3.8) is 0 Å². The number of allylic oxidation sites excluding steroid dienone is 20. The molecule has 0 aliphatic carbocycles. The number of esters is 3. The lowest BCUT2D eigenvalue weighted by Gasteiger charge is -2.18. The molecule has 0 aromatic rings. The second-order valence-corrected chi connectivity index (χ2v) is 22.0. The molecule has 456 valence electrons. The van der Waals surface area contributed by atoms with Gasteiger partial charge in [-0.1, -0.05) is 284 Å². The van der Waals surface area contributed by atoms with Crippen LogP contribution < -0.4 is 0 Å². The Morgan fingerprint density at radius 1 is 0.263 bits per heavy atom. The molecule has 6 heteroatoms. The zero-order valence-electron chi connectivity index (χ0n) is 52.3. The van der Waals surface area contributed by atoms with E-state index in [0.717, 1.165) is 96.3 Å². The minimum Gasteiger partial charge on any atom is -0.462 e. The molecule has 0 amide bonds. The molecule has 0 aliphatic rings. The van der Waals surface area contributed by atoms with Crippen molar-refractivity contribution < 1.29 is 28.6 Å². The molecule has 6 nitrogen and oxygen atoms in total. The molecule has 0 radical (unpaired) electrons. The highest BCUT2D eigenvalue weighted by Crippen LogP contribution is 2.15. The van der Waals surface area contributed by atoms with Crippen molar-refractivity contribution in [3.05, 3.63) is 122 Å². The molecule has 0 heterocycles. The van der Waals surface area contributed by atoms with Crippen LogP contribution in [0.5, 0.6) is 0 Å². The number of ether oxygens (including phenoxy) is 3. The van der Waals surface area contributed by atoms with E-state index in [1.165, 1.54) is 167 Å². The SMILES string of the molecule is CC/C=C\C/C=C\C/C=C\C/C=C\C/C=C\C/C=C\C/C=C\CCCC(=O)OCC(COC(=O)CCCCCCCCC/C=C\CCCCCCCCC)OC(=O)CCCCCCCCCCC/C=C\C/C=C\CCCCCCC. The van der Waals surface area contributed by atoms with E-state index in [4.69, 9.17) is 14.2 Å². The average Bonchev–Trinajstić information content (AvgIpc) is 3.46. The fourth-order valence-electron chi connectivity index (χ4n) is 9.16. The van der Waals surface area contributed by atoms with Crippen LogP contribution in [-0.2, 0) is 28.6 Å². The molecule has 80 heavy (non-hydrogen) atoms. The number of unbranched alkanes of at least 4 members (excludes halogenated alkanes) is 29. The Hall–Kier alpha value is -4.19. The maximum atomic E-state index is 12.9. The second kappa shape index (κ2) is 67.3. The smallest absolute Gasteiger partial charge is 0.306 e. The van der Waals surface area contributed by atoms with E-state index < -0.39 is 6.10 Å². The fraction of sp³-hybridized carbons (Fsp3) is 0.689. The normalized spacial score (nSPS) is 12.9. The van der Waals surface area contributed by atoms with Crippen LogP contribution >= 0.6 is 0 Å². The van der Waals surface area contributed by atoms with Crippen molar-refractivity contribution in [3.8, 4) is 0 Å². The van der Waals surface area contributed by atoms with Crippen LogP contribution in [0.25, 0.3) is 0 Å². The van der Waals surface area contributed by atoms with Crippen LogP contribution in [0.4, 0.5) is 0 Å². The first-order valence-corrected chi connectivity index (χ1v) is 33.5. The summed E-state index contributed by atoms with van der Waals surface area (Å²) in [5.41, 5.74) is 0. The van der Waals surface area contributed by atoms with Crippen LogP contribution in [0, 0.1) is 0 Å². The lowest BCUT2D eigenvalue weighted by atomic mass is 10.1. The third-order valence-electron chi connectivity index (χ3n) is 14.2. The van der Waals surface area contributed by atoms with Crippen LogP contribution in [-0.4, -0.2) is 37.2 Å². The van der Waals surface area contributed by atoms with Gasteiger partial charge in [0.1, 0.15) is 13.2 Å². The standard InChI is InChI=1S/C74H124O6/c1-4-7-10-13-16-19-22-25-28-31-34-36-37-39-40-43-46-49-52-55-58-61-64-67-73(76)79-70-71(69-78-72(75)66-63-60-57-54-51-48-45-42-33-30-27-24-21-18-15-12-9-6-3)80-74(77)68-65-62-59-56-53-50-47-44-41-38-35-32-29-26-23-20-17-14-11-8-5-2/h7,10,16,19,23,25-26,28,30,32-36,39-40,46,49,55,58,71H,4-6,8-9,11-15,17-18,20-22,24,27,29,31,37-38,41-45,47-48,50-54,56-57,59-70H2,1-3H3/b10-7-,19-16-,26-23-,28-25-,33-30-,35-32-,36-34-,40-39-,49-46-,58-55-. The van der Waals surface area contributed by atoms with Crippen molar-refractivity contribution in [1.29, 1.82) is 0 Å². The van der Waals surface area contributed by atoms with Gasteiger partial charge < -0.3 is 14.2 Å². The van der Waals surface area contributed by atoms with Gasteiger partial charge in [-0.3, -0.25) is 14.4 Å². The lowest BCUT2D eigenvalue weighted by molar-refractivity contribution is -0.167. The summed E-state index contributed by atoms with van der Waals surface area (Å²) < 4.78 is 16.9. The van der Waals surface area contributed by atoms with E-state index in [2.05, 4.69) is 142 Å². The van der Waals surface area contributed by atoms with Crippen molar-refractivity contribution in [2.75, 3.05) is 13.2 Å². The summed E-state index contributed by atoms with van der Waals surface area (Å²) in [6.07, 6.45) is 93.5. The average molecular weight is 1110 g/mol. The highest BCUT2D eigenvalue weighted by atomic mass is 16.6. The highest BCUT2D eigenvalue weighted by molar-refractivity contribution is 5.71. The third-order valence-corrected chi connectivity index (χ3v) is 14.2.